The Bertz CT molecular complexity index is 1060. The number of ether oxygens (including phenoxy) is 2. The predicted octanol–water partition coefficient (Wildman–Crippen LogP) is 5.12. The third kappa shape index (κ3) is 4.60. The Balaban J connectivity index is 2.29. The summed E-state index contributed by atoms with van der Waals surface area (Å²) in [6.45, 7) is -3.42. The van der Waals surface area contributed by atoms with Crippen LogP contribution in [0, 0.1) is 0 Å². The molecule has 0 N–H and O–H groups in total. The average molecular weight is 565 g/mol. The predicted molar refractivity (Wildman–Crippen MR) is 102 cm³/mol. The second kappa shape index (κ2) is 8.13. The van der Waals surface area contributed by atoms with Gasteiger partial charge in [-0.25, -0.2) is 18.8 Å². The van der Waals surface area contributed by atoms with Gasteiger partial charge >= 0.3 is 12.8 Å². The summed E-state index contributed by atoms with van der Waals surface area (Å²) in [5.41, 5.74) is -2.09. The highest BCUT2D eigenvalue weighted by molar-refractivity contribution is 14.1. The fourth-order valence-electron chi connectivity index (χ4n) is 3.29. The van der Waals surface area contributed by atoms with E-state index in [4.69, 9.17) is 4.74 Å². The summed E-state index contributed by atoms with van der Waals surface area (Å²) in [5.74, 6) is -4.44. The molecule has 1 aliphatic carbocycles. The summed E-state index contributed by atoms with van der Waals surface area (Å²) in [7, 11) is 2.33. The van der Waals surface area contributed by atoms with Crippen LogP contribution < -0.4 is 15.0 Å². The van der Waals surface area contributed by atoms with Crippen molar-refractivity contribution >= 4 is 22.6 Å². The van der Waals surface area contributed by atoms with E-state index >= 15 is 0 Å². The number of pyridine rings is 2. The molecule has 170 valence electrons. The van der Waals surface area contributed by atoms with Gasteiger partial charge in [-0.05, 0) is 41.1 Å². The van der Waals surface area contributed by atoms with E-state index in [1.807, 2.05) is 0 Å². The molecule has 0 bridgehead atoms. The molecular weight excluding hydrogens is 550 g/mol. The molecule has 2 aromatic heterocycles. The summed E-state index contributed by atoms with van der Waals surface area (Å²) in [4.78, 5) is 8.11. The van der Waals surface area contributed by atoms with Gasteiger partial charge < -0.3 is 14.0 Å². The van der Waals surface area contributed by atoms with E-state index in [1.165, 1.54) is 19.4 Å². The van der Waals surface area contributed by atoms with Crippen LogP contribution in [0.25, 0.3) is 0 Å². The van der Waals surface area contributed by atoms with Crippen LogP contribution in [0.15, 0.2) is 29.5 Å². The smallest absolute Gasteiger partial charge is 0.417 e. The van der Waals surface area contributed by atoms with Crippen LogP contribution >= 0.6 is 22.6 Å². The number of hydrogen-bond donors (Lipinski definition) is 0. The normalized spacial score (nSPS) is 21.2. The minimum atomic E-state index is -4.82. The number of methoxy groups -OCH3 is 1. The van der Waals surface area contributed by atoms with Crippen LogP contribution in [0.2, 0.25) is 0 Å². The second-order valence-corrected chi connectivity index (χ2v) is 8.51. The molecule has 13 heteroatoms. The number of nitrogens with zero attached hydrogens (tertiary/aromatic N) is 3. The molecule has 31 heavy (non-hydrogen) atoms. The van der Waals surface area contributed by atoms with Crippen LogP contribution in [-0.4, -0.2) is 23.3 Å². The van der Waals surface area contributed by atoms with Gasteiger partial charge in [0.25, 0.3) is 5.92 Å². The third-order valence-corrected chi connectivity index (χ3v) is 6.02. The summed E-state index contributed by atoms with van der Waals surface area (Å²) < 4.78 is 103. The standard InChI is InChI=1S/C18H15F7IN3O2/c1-29-8-9(18(23,24)25)7-11(31-15(19)20)13(29)28-17(26)5-4-16(21,22)12-10(17)3-6-27-14(12)30-2/h3,6-8,15H,4-5H2,1-2H3/b28-13-/t17-/m0/s1. The monoisotopic (exact) mass is 565 g/mol. The summed E-state index contributed by atoms with van der Waals surface area (Å²) >= 11 is 1.76. The second-order valence-electron chi connectivity index (χ2n) is 6.72. The molecule has 0 unspecified atom stereocenters. The Kier molecular flexibility index (Phi) is 6.19. The molecule has 3 rings (SSSR count). The number of halogens is 8. The molecule has 1 atom stereocenters. The fraction of sp³-hybridized carbons (Fsp3) is 0.444. The van der Waals surface area contributed by atoms with Gasteiger partial charge in [0.1, 0.15) is 3.55 Å². The quantitative estimate of drug-likeness (QED) is 0.224. The van der Waals surface area contributed by atoms with Crippen molar-refractivity contribution in [2.75, 3.05) is 7.11 Å². The number of alkyl halides is 8. The Morgan fingerprint density at radius 1 is 1.26 bits per heavy atom. The van der Waals surface area contributed by atoms with Crippen molar-refractivity contribution in [1.82, 2.24) is 9.55 Å². The molecule has 0 saturated heterocycles. The highest BCUT2D eigenvalue weighted by atomic mass is 127. The molecule has 5 nitrogen and oxygen atoms in total. The maximum atomic E-state index is 14.6. The molecule has 2 heterocycles. The Hall–Kier alpha value is -2.06. The zero-order valence-corrected chi connectivity index (χ0v) is 18.1. The van der Waals surface area contributed by atoms with E-state index in [0.717, 1.165) is 11.6 Å². The molecule has 0 aliphatic heterocycles. The number of fused-ring (bicyclic) bond motifs is 1. The van der Waals surface area contributed by atoms with E-state index in [0.29, 0.717) is 12.3 Å². The Morgan fingerprint density at radius 2 is 1.94 bits per heavy atom. The van der Waals surface area contributed by atoms with Crippen molar-refractivity contribution in [1.29, 1.82) is 0 Å². The number of aryl methyl sites for hydroxylation is 1. The van der Waals surface area contributed by atoms with Gasteiger partial charge in [-0.2, -0.15) is 22.0 Å². The Morgan fingerprint density at radius 3 is 2.52 bits per heavy atom. The lowest BCUT2D eigenvalue weighted by atomic mass is 9.86. The van der Waals surface area contributed by atoms with Gasteiger partial charge in [-0.1, -0.05) is 0 Å². The molecule has 0 aromatic carbocycles. The van der Waals surface area contributed by atoms with Gasteiger partial charge in [-0.15, -0.1) is 0 Å². The van der Waals surface area contributed by atoms with Gasteiger partial charge in [0.2, 0.25) is 5.88 Å². The zero-order valence-electron chi connectivity index (χ0n) is 16.0. The number of rotatable bonds is 4. The molecule has 0 spiro atoms. The summed E-state index contributed by atoms with van der Waals surface area (Å²) in [5, 5.41) is 0. The minimum absolute atomic E-state index is 0.0131. The van der Waals surface area contributed by atoms with E-state index in [1.54, 1.807) is 22.6 Å². The lowest BCUT2D eigenvalue weighted by Gasteiger charge is -2.35. The lowest BCUT2D eigenvalue weighted by Crippen LogP contribution is -2.35. The van der Waals surface area contributed by atoms with Crippen molar-refractivity contribution < 1.29 is 40.2 Å². The summed E-state index contributed by atoms with van der Waals surface area (Å²) in [6, 6.07) is 1.69. The molecule has 0 radical (unpaired) electrons. The topological polar surface area (TPSA) is 48.6 Å². The Labute approximate surface area is 185 Å². The molecular formula is C18H15F7IN3O2. The first-order valence-corrected chi connectivity index (χ1v) is 9.75. The lowest BCUT2D eigenvalue weighted by molar-refractivity contribution is -0.138. The van der Waals surface area contributed by atoms with Crippen LogP contribution in [0.1, 0.15) is 29.5 Å². The van der Waals surface area contributed by atoms with E-state index in [2.05, 4.69) is 14.7 Å². The molecule has 0 fully saturated rings. The molecule has 0 saturated carbocycles. The van der Waals surface area contributed by atoms with Crippen LogP contribution in [0.5, 0.6) is 11.6 Å². The highest BCUT2D eigenvalue weighted by Crippen LogP contribution is 2.54. The van der Waals surface area contributed by atoms with Crippen molar-refractivity contribution in [2.45, 2.75) is 35.1 Å². The highest BCUT2D eigenvalue weighted by Gasteiger charge is 2.49. The van der Waals surface area contributed by atoms with Crippen LogP contribution in [0.3, 0.4) is 0 Å². The van der Waals surface area contributed by atoms with Crippen molar-refractivity contribution in [3.63, 3.8) is 0 Å². The third-order valence-electron chi connectivity index (χ3n) is 4.66. The molecule has 0 amide bonds. The fourth-order valence-corrected chi connectivity index (χ4v) is 4.24. The van der Waals surface area contributed by atoms with Gasteiger partial charge in [-0.3, -0.25) is 0 Å². The minimum Gasteiger partial charge on any atom is -0.481 e. The van der Waals surface area contributed by atoms with Crippen molar-refractivity contribution in [2.24, 2.45) is 12.0 Å². The van der Waals surface area contributed by atoms with Crippen molar-refractivity contribution in [3.8, 4) is 11.6 Å². The first-order valence-electron chi connectivity index (χ1n) is 8.68. The van der Waals surface area contributed by atoms with E-state index in [-0.39, 0.29) is 23.4 Å². The summed E-state index contributed by atoms with van der Waals surface area (Å²) in [6.07, 6.45) is -3.83. The van der Waals surface area contributed by atoms with Gasteiger partial charge in [0.15, 0.2) is 11.2 Å². The number of hydrogen-bond acceptors (Lipinski definition) is 4. The number of aromatic nitrogens is 2. The van der Waals surface area contributed by atoms with Crippen LogP contribution in [0.4, 0.5) is 30.7 Å². The van der Waals surface area contributed by atoms with Gasteiger partial charge in [0, 0.05) is 31.4 Å². The SMILES string of the molecule is COc1nccc2c1C(F)(F)CC[C@]2(I)/N=c1/c(OC(F)F)cc(C(F)(F)F)cn1C. The molecule has 2 aromatic rings. The maximum Gasteiger partial charge on any atom is 0.417 e. The first-order chi connectivity index (χ1) is 14.3. The van der Waals surface area contributed by atoms with E-state index in [9.17, 15) is 30.7 Å². The van der Waals surface area contributed by atoms with E-state index < -0.39 is 45.6 Å². The first kappa shape index (κ1) is 23.6. The maximum absolute atomic E-state index is 14.6. The van der Waals surface area contributed by atoms with Gasteiger partial charge in [0.05, 0.1) is 18.2 Å². The zero-order chi connectivity index (χ0) is 23.2. The average Bonchev–Trinajstić information content (AvgIpc) is 2.66. The van der Waals surface area contributed by atoms with Crippen molar-refractivity contribution in [3.05, 3.63) is 46.7 Å². The largest absolute Gasteiger partial charge is 0.481 e. The molecule has 1 aliphatic rings. The van der Waals surface area contributed by atoms with Crippen LogP contribution in [-0.2, 0) is 22.7 Å².